The predicted octanol–water partition coefficient (Wildman–Crippen LogP) is 3.54. The normalized spacial score (nSPS) is 12.8. The maximum Gasteiger partial charge on any atom is -0.00773 e. The van der Waals surface area contributed by atoms with Crippen LogP contribution in [-0.2, 0) is 0 Å². The van der Waals surface area contributed by atoms with Crippen LogP contribution in [0.2, 0.25) is 0 Å². The minimum Gasteiger partial charge on any atom is -0.330 e. The van der Waals surface area contributed by atoms with Crippen molar-refractivity contribution in [3.63, 3.8) is 0 Å². The van der Waals surface area contributed by atoms with E-state index in [0.29, 0.717) is 5.92 Å². The van der Waals surface area contributed by atoms with E-state index in [2.05, 4.69) is 39.0 Å². The van der Waals surface area contributed by atoms with Crippen molar-refractivity contribution in [3.05, 3.63) is 34.9 Å². The zero-order valence-corrected chi connectivity index (χ0v) is 10.2. The molecule has 0 aliphatic carbocycles. The van der Waals surface area contributed by atoms with Gasteiger partial charge in [0.15, 0.2) is 0 Å². The maximum atomic E-state index is 5.50. The summed E-state index contributed by atoms with van der Waals surface area (Å²) < 4.78 is 0. The zero-order valence-electron chi connectivity index (χ0n) is 10.2. The van der Waals surface area contributed by atoms with Crippen molar-refractivity contribution in [3.8, 4) is 0 Å². The Morgan fingerprint density at radius 2 is 1.93 bits per heavy atom. The number of nitrogens with two attached hydrogens (primary N) is 1. The summed E-state index contributed by atoms with van der Waals surface area (Å²) in [5.74, 6) is 0.664. The molecule has 1 aromatic carbocycles. The highest BCUT2D eigenvalue weighted by atomic mass is 14.5. The van der Waals surface area contributed by atoms with E-state index in [1.54, 1.807) is 0 Å². The second kappa shape index (κ2) is 5.92. The van der Waals surface area contributed by atoms with E-state index >= 15 is 0 Å². The number of rotatable bonds is 5. The van der Waals surface area contributed by atoms with Gasteiger partial charge in [-0.3, -0.25) is 0 Å². The highest BCUT2D eigenvalue weighted by Gasteiger charge is 2.07. The van der Waals surface area contributed by atoms with Crippen molar-refractivity contribution in [2.45, 2.75) is 46.0 Å². The van der Waals surface area contributed by atoms with Gasteiger partial charge in [0.05, 0.1) is 0 Å². The second-order valence-corrected chi connectivity index (χ2v) is 4.55. The van der Waals surface area contributed by atoms with E-state index in [0.717, 1.165) is 13.0 Å². The monoisotopic (exact) mass is 205 g/mol. The highest BCUT2D eigenvalue weighted by molar-refractivity contribution is 5.32. The van der Waals surface area contributed by atoms with E-state index in [-0.39, 0.29) is 0 Å². The molecule has 15 heavy (non-hydrogen) atoms. The fraction of sp³-hybridized carbons (Fsp3) is 0.571. The first kappa shape index (κ1) is 12.3. The van der Waals surface area contributed by atoms with Gasteiger partial charge in [-0.25, -0.2) is 0 Å². The van der Waals surface area contributed by atoms with Crippen LogP contribution in [-0.4, -0.2) is 6.54 Å². The number of hydrogen-bond donors (Lipinski definition) is 1. The SMILES string of the molecule is Cc1ccc(C(C)CCCCN)c(C)c1. The first-order valence-corrected chi connectivity index (χ1v) is 5.92. The van der Waals surface area contributed by atoms with Crippen LogP contribution >= 0.6 is 0 Å². The van der Waals surface area contributed by atoms with Crippen LogP contribution in [0, 0.1) is 13.8 Å². The average molecular weight is 205 g/mol. The van der Waals surface area contributed by atoms with E-state index in [9.17, 15) is 0 Å². The van der Waals surface area contributed by atoms with Gasteiger partial charge in [0, 0.05) is 0 Å². The standard InChI is InChI=1S/C14H23N/c1-11-7-8-14(13(3)10-11)12(2)6-4-5-9-15/h7-8,10,12H,4-6,9,15H2,1-3H3. The Hall–Kier alpha value is -0.820. The molecule has 0 heterocycles. The molecule has 1 unspecified atom stereocenters. The van der Waals surface area contributed by atoms with Gasteiger partial charge < -0.3 is 5.73 Å². The largest absolute Gasteiger partial charge is 0.330 e. The smallest absolute Gasteiger partial charge is 0.00773 e. The lowest BCUT2D eigenvalue weighted by molar-refractivity contribution is 0.607. The summed E-state index contributed by atoms with van der Waals surface area (Å²) in [7, 11) is 0. The molecule has 0 aromatic heterocycles. The number of benzene rings is 1. The maximum absolute atomic E-state index is 5.50. The molecule has 2 N–H and O–H groups in total. The van der Waals surface area contributed by atoms with Crippen LogP contribution in [0.5, 0.6) is 0 Å². The molecule has 0 radical (unpaired) electrons. The number of hydrogen-bond acceptors (Lipinski definition) is 1. The summed E-state index contributed by atoms with van der Waals surface area (Å²) >= 11 is 0. The summed E-state index contributed by atoms with van der Waals surface area (Å²) in [4.78, 5) is 0. The van der Waals surface area contributed by atoms with Gasteiger partial charge in [0.2, 0.25) is 0 Å². The molecular weight excluding hydrogens is 182 g/mol. The summed E-state index contributed by atoms with van der Waals surface area (Å²) in [6, 6.07) is 6.76. The molecule has 1 aromatic rings. The third-order valence-electron chi connectivity index (χ3n) is 3.05. The van der Waals surface area contributed by atoms with E-state index in [1.165, 1.54) is 29.5 Å². The lowest BCUT2D eigenvalue weighted by Gasteiger charge is -2.14. The van der Waals surface area contributed by atoms with Gasteiger partial charge in [-0.1, -0.05) is 37.1 Å². The molecule has 1 nitrogen and oxygen atoms in total. The van der Waals surface area contributed by atoms with Crippen molar-refractivity contribution in [2.24, 2.45) is 5.73 Å². The molecule has 0 bridgehead atoms. The van der Waals surface area contributed by atoms with E-state index < -0.39 is 0 Å². The van der Waals surface area contributed by atoms with Crippen LogP contribution < -0.4 is 5.73 Å². The van der Waals surface area contributed by atoms with E-state index in [1.807, 2.05) is 0 Å². The van der Waals surface area contributed by atoms with Crippen molar-refractivity contribution in [1.29, 1.82) is 0 Å². The number of aryl methyl sites for hydroxylation is 2. The Labute approximate surface area is 93.7 Å². The molecule has 0 spiro atoms. The summed E-state index contributed by atoms with van der Waals surface area (Å²) in [6.45, 7) is 7.49. The average Bonchev–Trinajstić information content (AvgIpc) is 2.17. The van der Waals surface area contributed by atoms with Gasteiger partial charge in [0.1, 0.15) is 0 Å². The fourth-order valence-corrected chi connectivity index (χ4v) is 2.13. The molecule has 1 heteroatoms. The topological polar surface area (TPSA) is 26.0 Å². The zero-order chi connectivity index (χ0) is 11.3. The number of unbranched alkanes of at least 4 members (excludes halogenated alkanes) is 1. The Kier molecular flexibility index (Phi) is 4.83. The highest BCUT2D eigenvalue weighted by Crippen LogP contribution is 2.24. The summed E-state index contributed by atoms with van der Waals surface area (Å²) in [6.07, 6.45) is 3.64. The molecule has 0 saturated carbocycles. The molecular formula is C14H23N. The Bertz CT molecular complexity index is 304. The lowest BCUT2D eigenvalue weighted by Crippen LogP contribution is -2.01. The first-order valence-electron chi connectivity index (χ1n) is 5.92. The molecule has 0 amide bonds. The minimum absolute atomic E-state index is 0.664. The van der Waals surface area contributed by atoms with Crippen LogP contribution in [0.4, 0.5) is 0 Å². The molecule has 0 fully saturated rings. The fourth-order valence-electron chi connectivity index (χ4n) is 2.13. The Morgan fingerprint density at radius 1 is 1.20 bits per heavy atom. The molecule has 0 aliphatic rings. The third-order valence-corrected chi connectivity index (χ3v) is 3.05. The van der Waals surface area contributed by atoms with Gasteiger partial charge >= 0.3 is 0 Å². The van der Waals surface area contributed by atoms with Crippen molar-refractivity contribution in [2.75, 3.05) is 6.54 Å². The van der Waals surface area contributed by atoms with Crippen LogP contribution in [0.15, 0.2) is 18.2 Å². The third kappa shape index (κ3) is 3.67. The Balaban J connectivity index is 2.61. The van der Waals surface area contributed by atoms with Crippen LogP contribution in [0.25, 0.3) is 0 Å². The van der Waals surface area contributed by atoms with Crippen LogP contribution in [0.1, 0.15) is 48.8 Å². The predicted molar refractivity (Wildman–Crippen MR) is 67.2 cm³/mol. The van der Waals surface area contributed by atoms with Gasteiger partial charge in [-0.05, 0) is 50.3 Å². The molecule has 1 atom stereocenters. The molecule has 0 saturated heterocycles. The molecule has 1 rings (SSSR count). The van der Waals surface area contributed by atoms with E-state index in [4.69, 9.17) is 5.73 Å². The van der Waals surface area contributed by atoms with Crippen LogP contribution in [0.3, 0.4) is 0 Å². The summed E-state index contributed by atoms with van der Waals surface area (Å²) in [5, 5.41) is 0. The quantitative estimate of drug-likeness (QED) is 0.731. The molecule has 0 aliphatic heterocycles. The van der Waals surface area contributed by atoms with Crippen molar-refractivity contribution >= 4 is 0 Å². The summed E-state index contributed by atoms with van der Waals surface area (Å²) in [5.41, 5.74) is 9.78. The van der Waals surface area contributed by atoms with Crippen molar-refractivity contribution in [1.82, 2.24) is 0 Å². The minimum atomic E-state index is 0.664. The second-order valence-electron chi connectivity index (χ2n) is 4.55. The van der Waals surface area contributed by atoms with Gasteiger partial charge in [-0.2, -0.15) is 0 Å². The van der Waals surface area contributed by atoms with Gasteiger partial charge in [-0.15, -0.1) is 0 Å². The molecule has 84 valence electrons. The lowest BCUT2D eigenvalue weighted by atomic mass is 9.91. The van der Waals surface area contributed by atoms with Crippen molar-refractivity contribution < 1.29 is 0 Å². The first-order chi connectivity index (χ1) is 7.15. The Morgan fingerprint density at radius 3 is 2.53 bits per heavy atom. The van der Waals surface area contributed by atoms with Gasteiger partial charge in [0.25, 0.3) is 0 Å².